The highest BCUT2D eigenvalue weighted by Crippen LogP contribution is 2.28. The Hall–Kier alpha value is -1.52. The highest BCUT2D eigenvalue weighted by molar-refractivity contribution is 7.98. The summed E-state index contributed by atoms with van der Waals surface area (Å²) < 4.78 is 13.5. The van der Waals surface area contributed by atoms with Gasteiger partial charge < -0.3 is 5.11 Å². The predicted molar refractivity (Wildman–Crippen MR) is 74.4 cm³/mol. The van der Waals surface area contributed by atoms with Crippen molar-refractivity contribution in [1.29, 1.82) is 0 Å². The zero-order valence-corrected chi connectivity index (χ0v) is 11.3. The summed E-state index contributed by atoms with van der Waals surface area (Å²) in [5.41, 5.74) is 0.674. The van der Waals surface area contributed by atoms with Crippen molar-refractivity contribution in [3.63, 3.8) is 0 Å². The third-order valence-electron chi connectivity index (χ3n) is 2.51. The Bertz CT molecular complexity index is 616. The van der Waals surface area contributed by atoms with Crippen molar-refractivity contribution >= 4 is 29.3 Å². The van der Waals surface area contributed by atoms with Gasteiger partial charge in [0.05, 0.1) is 5.56 Å². The Balaban J connectivity index is 2.19. The summed E-state index contributed by atoms with van der Waals surface area (Å²) in [7, 11) is 0. The van der Waals surface area contributed by atoms with Crippen LogP contribution in [-0.4, -0.2) is 11.1 Å². The Kier molecular flexibility index (Phi) is 4.45. The lowest BCUT2D eigenvalue weighted by molar-refractivity contribution is 0.0693. The van der Waals surface area contributed by atoms with E-state index in [9.17, 15) is 9.18 Å². The molecule has 2 aromatic rings. The zero-order chi connectivity index (χ0) is 13.8. The third-order valence-corrected chi connectivity index (χ3v) is 3.87. The Labute approximate surface area is 119 Å². The van der Waals surface area contributed by atoms with Gasteiger partial charge in [0.2, 0.25) is 0 Å². The standard InChI is InChI=1S/C14H10ClFO2S/c15-10-5-6-12(16)9(7-10)8-19-13-4-2-1-3-11(13)14(17)18/h1-7H,8H2,(H,17,18). The number of benzene rings is 2. The van der Waals surface area contributed by atoms with Crippen LogP contribution < -0.4 is 0 Å². The molecule has 0 saturated heterocycles. The molecule has 1 N–H and O–H groups in total. The van der Waals surface area contributed by atoms with E-state index >= 15 is 0 Å². The molecule has 98 valence electrons. The average molecular weight is 297 g/mol. The molecular formula is C14H10ClFO2S. The second-order valence-electron chi connectivity index (χ2n) is 3.83. The summed E-state index contributed by atoms with van der Waals surface area (Å²) in [6, 6.07) is 11.0. The van der Waals surface area contributed by atoms with E-state index in [1.54, 1.807) is 24.3 Å². The molecule has 2 nitrogen and oxygen atoms in total. The SMILES string of the molecule is O=C(O)c1ccccc1SCc1cc(Cl)ccc1F. The van der Waals surface area contributed by atoms with Crippen LogP contribution in [0.25, 0.3) is 0 Å². The van der Waals surface area contributed by atoms with Gasteiger partial charge >= 0.3 is 5.97 Å². The van der Waals surface area contributed by atoms with Crippen molar-refractivity contribution in [3.8, 4) is 0 Å². The lowest BCUT2D eigenvalue weighted by Gasteiger charge is -2.06. The van der Waals surface area contributed by atoms with Crippen molar-refractivity contribution in [3.05, 3.63) is 64.4 Å². The molecule has 0 aliphatic carbocycles. The molecule has 0 heterocycles. The molecule has 0 unspecified atom stereocenters. The van der Waals surface area contributed by atoms with Gasteiger partial charge in [0.15, 0.2) is 0 Å². The summed E-state index contributed by atoms with van der Waals surface area (Å²) in [5.74, 6) is -1.00. The van der Waals surface area contributed by atoms with E-state index in [1.165, 1.54) is 30.0 Å². The molecule has 0 saturated carbocycles. The molecule has 2 aromatic carbocycles. The molecule has 19 heavy (non-hydrogen) atoms. The van der Waals surface area contributed by atoms with E-state index in [4.69, 9.17) is 16.7 Å². The van der Waals surface area contributed by atoms with Crippen molar-refractivity contribution in [1.82, 2.24) is 0 Å². The minimum Gasteiger partial charge on any atom is -0.478 e. The van der Waals surface area contributed by atoms with Gasteiger partial charge in [0.1, 0.15) is 5.82 Å². The fourth-order valence-electron chi connectivity index (χ4n) is 1.58. The summed E-state index contributed by atoms with van der Waals surface area (Å²) in [4.78, 5) is 11.7. The number of carboxylic acids is 1. The molecule has 0 atom stereocenters. The lowest BCUT2D eigenvalue weighted by atomic mass is 10.2. The summed E-state index contributed by atoms with van der Waals surface area (Å²) in [5, 5.41) is 9.51. The molecule has 0 amide bonds. The van der Waals surface area contributed by atoms with Crippen LogP contribution in [0.3, 0.4) is 0 Å². The molecular weight excluding hydrogens is 287 g/mol. The largest absolute Gasteiger partial charge is 0.478 e. The molecule has 0 aliphatic rings. The summed E-state index contributed by atoms with van der Waals surface area (Å²) in [6.07, 6.45) is 0. The molecule has 0 radical (unpaired) electrons. The van der Waals surface area contributed by atoms with E-state index < -0.39 is 5.97 Å². The minimum atomic E-state index is -0.991. The second kappa shape index (κ2) is 6.08. The maximum absolute atomic E-state index is 13.5. The van der Waals surface area contributed by atoms with Crippen molar-refractivity contribution in [2.24, 2.45) is 0 Å². The van der Waals surface area contributed by atoms with Crippen LogP contribution in [0.1, 0.15) is 15.9 Å². The first-order valence-corrected chi connectivity index (χ1v) is 6.83. The van der Waals surface area contributed by atoms with E-state index in [0.29, 0.717) is 21.2 Å². The number of aromatic carboxylic acids is 1. The van der Waals surface area contributed by atoms with Gasteiger partial charge in [0.25, 0.3) is 0 Å². The van der Waals surface area contributed by atoms with Crippen molar-refractivity contribution in [2.75, 3.05) is 0 Å². The van der Waals surface area contributed by atoms with E-state index in [2.05, 4.69) is 0 Å². The predicted octanol–water partition coefficient (Wildman–Crippen LogP) is 4.47. The molecule has 5 heteroatoms. The summed E-state index contributed by atoms with van der Waals surface area (Å²) >= 11 is 7.08. The van der Waals surface area contributed by atoms with Crippen molar-refractivity contribution in [2.45, 2.75) is 10.6 Å². The fourth-order valence-corrected chi connectivity index (χ4v) is 2.79. The maximum Gasteiger partial charge on any atom is 0.336 e. The minimum absolute atomic E-state index is 0.218. The molecule has 0 aromatic heterocycles. The first kappa shape index (κ1) is 13.9. The van der Waals surface area contributed by atoms with Gasteiger partial charge in [0, 0.05) is 15.7 Å². The van der Waals surface area contributed by atoms with Gasteiger partial charge in [-0.3, -0.25) is 0 Å². The van der Waals surface area contributed by atoms with Crippen LogP contribution in [0.2, 0.25) is 5.02 Å². The maximum atomic E-state index is 13.5. The lowest BCUT2D eigenvalue weighted by Crippen LogP contribution is -1.98. The average Bonchev–Trinajstić information content (AvgIpc) is 2.40. The molecule has 0 bridgehead atoms. The fraction of sp³-hybridized carbons (Fsp3) is 0.0714. The highest BCUT2D eigenvalue weighted by atomic mass is 35.5. The van der Waals surface area contributed by atoms with Gasteiger partial charge in [-0.2, -0.15) is 0 Å². The Morgan fingerprint density at radius 3 is 2.74 bits per heavy atom. The molecule has 2 rings (SSSR count). The van der Waals surface area contributed by atoms with Crippen LogP contribution in [-0.2, 0) is 5.75 Å². The Morgan fingerprint density at radius 2 is 2.00 bits per heavy atom. The first-order chi connectivity index (χ1) is 9.08. The van der Waals surface area contributed by atoms with Gasteiger partial charge in [-0.25, -0.2) is 9.18 Å². The summed E-state index contributed by atoms with van der Waals surface area (Å²) in [6.45, 7) is 0. The van der Waals surface area contributed by atoms with Crippen LogP contribution >= 0.6 is 23.4 Å². The normalized spacial score (nSPS) is 10.4. The second-order valence-corrected chi connectivity index (χ2v) is 5.28. The van der Waals surface area contributed by atoms with E-state index in [-0.39, 0.29) is 11.4 Å². The molecule has 0 aliphatic heterocycles. The number of rotatable bonds is 4. The number of carbonyl (C=O) groups is 1. The van der Waals surface area contributed by atoms with E-state index in [1.807, 2.05) is 0 Å². The number of hydrogen-bond donors (Lipinski definition) is 1. The molecule has 0 spiro atoms. The van der Waals surface area contributed by atoms with Crippen LogP contribution in [0, 0.1) is 5.82 Å². The number of halogens is 2. The molecule has 0 fully saturated rings. The van der Waals surface area contributed by atoms with Crippen molar-refractivity contribution < 1.29 is 14.3 Å². The quantitative estimate of drug-likeness (QED) is 0.846. The monoisotopic (exact) mass is 296 g/mol. The third kappa shape index (κ3) is 3.49. The first-order valence-electron chi connectivity index (χ1n) is 5.47. The van der Waals surface area contributed by atoms with Crippen LogP contribution in [0.15, 0.2) is 47.4 Å². The van der Waals surface area contributed by atoms with Gasteiger partial charge in [-0.15, -0.1) is 11.8 Å². The van der Waals surface area contributed by atoms with Gasteiger partial charge in [-0.1, -0.05) is 23.7 Å². The topological polar surface area (TPSA) is 37.3 Å². The van der Waals surface area contributed by atoms with Crippen LogP contribution in [0.4, 0.5) is 4.39 Å². The number of carboxylic acid groups (broad SMARTS) is 1. The van der Waals surface area contributed by atoms with Gasteiger partial charge in [-0.05, 0) is 35.9 Å². The number of thioether (sulfide) groups is 1. The Morgan fingerprint density at radius 1 is 1.26 bits per heavy atom. The van der Waals surface area contributed by atoms with E-state index in [0.717, 1.165) is 0 Å². The van der Waals surface area contributed by atoms with Crippen LogP contribution in [0.5, 0.6) is 0 Å². The smallest absolute Gasteiger partial charge is 0.336 e. The zero-order valence-electron chi connectivity index (χ0n) is 9.77. The highest BCUT2D eigenvalue weighted by Gasteiger charge is 2.10. The number of hydrogen-bond acceptors (Lipinski definition) is 2.